The van der Waals surface area contributed by atoms with Crippen molar-refractivity contribution in [2.75, 3.05) is 0 Å². The van der Waals surface area contributed by atoms with Gasteiger partial charge < -0.3 is 0 Å². The maximum Gasteiger partial charge on any atom is 0.0709 e. The van der Waals surface area contributed by atoms with E-state index in [0.717, 1.165) is 24.1 Å². The topological polar surface area (TPSA) is 12.9 Å². The molecule has 1 aliphatic carbocycles. The van der Waals surface area contributed by atoms with Crippen LogP contribution in [0.1, 0.15) is 37.8 Å². The SMILES string of the molecule is CCC1(CC)c2cc(-c3ccc4ccccc4n3)ccc2-c2cc3c4ccccc4c4ccccc4c3cc21. The van der Waals surface area contributed by atoms with Crippen LogP contribution in [0.2, 0.25) is 0 Å². The van der Waals surface area contributed by atoms with E-state index >= 15 is 0 Å². The van der Waals surface area contributed by atoms with Gasteiger partial charge in [-0.1, -0.05) is 98.8 Å². The highest BCUT2D eigenvalue weighted by Gasteiger charge is 2.41. The lowest BCUT2D eigenvalue weighted by Crippen LogP contribution is -2.23. The van der Waals surface area contributed by atoms with Crippen LogP contribution in [0, 0.1) is 0 Å². The summed E-state index contributed by atoms with van der Waals surface area (Å²) in [6, 6.07) is 42.6. The Morgan fingerprint density at radius 2 is 1.10 bits per heavy atom. The van der Waals surface area contributed by atoms with Crippen molar-refractivity contribution in [2.45, 2.75) is 32.1 Å². The Kier molecular flexibility index (Phi) is 4.76. The van der Waals surface area contributed by atoms with Gasteiger partial charge in [-0.25, -0.2) is 4.98 Å². The molecule has 0 aliphatic heterocycles. The molecule has 39 heavy (non-hydrogen) atoms. The van der Waals surface area contributed by atoms with Crippen molar-refractivity contribution in [3.63, 3.8) is 0 Å². The zero-order valence-corrected chi connectivity index (χ0v) is 22.3. The molecule has 0 amide bonds. The van der Waals surface area contributed by atoms with Crippen molar-refractivity contribution < 1.29 is 0 Å². The molecule has 0 saturated carbocycles. The fraction of sp³-hybridized carbons (Fsp3) is 0.132. The fourth-order valence-corrected chi connectivity index (χ4v) is 7.29. The molecular weight excluding hydrogens is 470 g/mol. The van der Waals surface area contributed by atoms with E-state index in [9.17, 15) is 0 Å². The third kappa shape index (κ3) is 3.05. The smallest absolute Gasteiger partial charge is 0.0709 e. The minimum atomic E-state index is -0.0154. The molecule has 1 heterocycles. The number of para-hydroxylation sites is 1. The molecule has 0 radical (unpaired) electrons. The van der Waals surface area contributed by atoms with Gasteiger partial charge >= 0.3 is 0 Å². The number of aromatic nitrogens is 1. The summed E-state index contributed by atoms with van der Waals surface area (Å²) in [5.74, 6) is 0. The van der Waals surface area contributed by atoms with Crippen LogP contribution < -0.4 is 0 Å². The number of nitrogens with zero attached hydrogens (tertiary/aromatic N) is 1. The number of benzene rings is 6. The largest absolute Gasteiger partial charge is 0.248 e. The Balaban J connectivity index is 1.42. The zero-order chi connectivity index (χ0) is 26.1. The van der Waals surface area contributed by atoms with Crippen LogP contribution in [-0.2, 0) is 5.41 Å². The van der Waals surface area contributed by atoms with Crippen LogP contribution in [0.25, 0.3) is 65.6 Å². The Bertz CT molecular complexity index is 2100. The standard InChI is InChI=1S/C38H29N/c1-3-38(4-2)34-21-25(37-20-18-24-11-5-10-16-36(24)39-37)17-19-30(34)33-22-31-28-14-8-6-12-26(28)27-13-7-9-15-29(27)32(31)23-35(33)38/h5-23H,3-4H2,1-2H3. The molecule has 0 unspecified atom stereocenters. The molecule has 1 heteroatoms. The summed E-state index contributed by atoms with van der Waals surface area (Å²) in [4.78, 5) is 5.03. The van der Waals surface area contributed by atoms with Crippen LogP contribution >= 0.6 is 0 Å². The molecule has 1 aromatic heterocycles. The van der Waals surface area contributed by atoms with E-state index in [4.69, 9.17) is 4.98 Å². The second-order valence-electron chi connectivity index (χ2n) is 11.0. The lowest BCUT2D eigenvalue weighted by molar-refractivity contribution is 0.491. The maximum absolute atomic E-state index is 5.03. The van der Waals surface area contributed by atoms with Gasteiger partial charge in [-0.3, -0.25) is 0 Å². The van der Waals surface area contributed by atoms with Crippen molar-refractivity contribution in [1.29, 1.82) is 0 Å². The van der Waals surface area contributed by atoms with Gasteiger partial charge in [0.2, 0.25) is 0 Å². The lowest BCUT2D eigenvalue weighted by atomic mass is 9.73. The summed E-state index contributed by atoms with van der Waals surface area (Å²) in [5, 5.41) is 9.21. The Labute approximate surface area is 228 Å². The second-order valence-corrected chi connectivity index (χ2v) is 11.0. The molecule has 0 atom stereocenters. The van der Waals surface area contributed by atoms with Crippen LogP contribution in [0.5, 0.6) is 0 Å². The van der Waals surface area contributed by atoms with Crippen LogP contribution in [-0.4, -0.2) is 4.98 Å². The number of rotatable bonds is 3. The third-order valence-corrected chi connectivity index (χ3v) is 9.32. The van der Waals surface area contributed by atoms with Gasteiger partial charge in [0, 0.05) is 16.4 Å². The summed E-state index contributed by atoms with van der Waals surface area (Å²) >= 11 is 0. The first-order valence-electron chi connectivity index (χ1n) is 14.1. The average Bonchev–Trinajstić information content (AvgIpc) is 3.28. The quantitative estimate of drug-likeness (QED) is 0.220. The minimum Gasteiger partial charge on any atom is -0.248 e. The molecule has 8 rings (SSSR count). The van der Waals surface area contributed by atoms with E-state index in [1.165, 1.54) is 65.5 Å². The van der Waals surface area contributed by atoms with Gasteiger partial charge in [0.05, 0.1) is 11.2 Å². The summed E-state index contributed by atoms with van der Waals surface area (Å²) in [7, 11) is 0. The van der Waals surface area contributed by atoms with E-state index in [0.29, 0.717) is 0 Å². The number of hydrogen-bond acceptors (Lipinski definition) is 1. The first kappa shape index (κ1) is 22.5. The van der Waals surface area contributed by atoms with E-state index in [1.807, 2.05) is 0 Å². The fourth-order valence-electron chi connectivity index (χ4n) is 7.29. The molecule has 0 saturated heterocycles. The summed E-state index contributed by atoms with van der Waals surface area (Å²) in [6.07, 6.45) is 2.13. The van der Waals surface area contributed by atoms with Gasteiger partial charge in [-0.2, -0.15) is 0 Å². The molecule has 7 aromatic rings. The van der Waals surface area contributed by atoms with E-state index in [2.05, 4.69) is 129 Å². The number of hydrogen-bond donors (Lipinski definition) is 0. The predicted octanol–water partition coefficient (Wildman–Crippen LogP) is 10.4. The molecule has 0 N–H and O–H groups in total. The predicted molar refractivity (Wildman–Crippen MR) is 166 cm³/mol. The van der Waals surface area contributed by atoms with Crippen molar-refractivity contribution in [3.05, 3.63) is 126 Å². The molecule has 6 aromatic carbocycles. The number of pyridine rings is 1. The highest BCUT2D eigenvalue weighted by Crippen LogP contribution is 2.55. The van der Waals surface area contributed by atoms with Gasteiger partial charge in [0.1, 0.15) is 0 Å². The average molecular weight is 500 g/mol. The van der Waals surface area contributed by atoms with Gasteiger partial charge in [-0.05, 0) is 97.7 Å². The molecule has 0 fully saturated rings. The summed E-state index contributed by atoms with van der Waals surface area (Å²) < 4.78 is 0. The molecule has 1 nitrogen and oxygen atoms in total. The zero-order valence-electron chi connectivity index (χ0n) is 22.3. The monoisotopic (exact) mass is 499 g/mol. The van der Waals surface area contributed by atoms with Crippen LogP contribution in [0.15, 0.2) is 115 Å². The van der Waals surface area contributed by atoms with Crippen LogP contribution in [0.4, 0.5) is 0 Å². The maximum atomic E-state index is 5.03. The van der Waals surface area contributed by atoms with E-state index < -0.39 is 0 Å². The molecule has 1 aliphatic rings. The molecule has 186 valence electrons. The second kappa shape index (κ2) is 8.25. The highest BCUT2D eigenvalue weighted by atomic mass is 14.7. The molecular formula is C38H29N. The van der Waals surface area contributed by atoms with Crippen molar-refractivity contribution in [3.8, 4) is 22.4 Å². The Hall–Kier alpha value is -4.49. The normalized spacial score (nSPS) is 13.8. The first-order chi connectivity index (χ1) is 19.2. The lowest BCUT2D eigenvalue weighted by Gasteiger charge is -2.30. The highest BCUT2D eigenvalue weighted by molar-refractivity contribution is 6.26. The van der Waals surface area contributed by atoms with Crippen LogP contribution in [0.3, 0.4) is 0 Å². The number of fused-ring (bicyclic) bond motifs is 10. The van der Waals surface area contributed by atoms with E-state index in [1.54, 1.807) is 0 Å². The molecule has 0 spiro atoms. The Morgan fingerprint density at radius 3 is 1.79 bits per heavy atom. The Morgan fingerprint density at radius 1 is 0.513 bits per heavy atom. The first-order valence-corrected chi connectivity index (χ1v) is 14.1. The third-order valence-electron chi connectivity index (χ3n) is 9.32. The summed E-state index contributed by atoms with van der Waals surface area (Å²) in [6.45, 7) is 4.71. The van der Waals surface area contributed by atoms with Gasteiger partial charge in [-0.15, -0.1) is 0 Å². The van der Waals surface area contributed by atoms with Crippen molar-refractivity contribution >= 4 is 43.2 Å². The minimum absolute atomic E-state index is 0.0154. The van der Waals surface area contributed by atoms with Gasteiger partial charge in [0.25, 0.3) is 0 Å². The van der Waals surface area contributed by atoms with Gasteiger partial charge in [0.15, 0.2) is 0 Å². The summed E-state index contributed by atoms with van der Waals surface area (Å²) in [5.41, 5.74) is 8.93. The van der Waals surface area contributed by atoms with Crippen molar-refractivity contribution in [1.82, 2.24) is 4.98 Å². The van der Waals surface area contributed by atoms with E-state index in [-0.39, 0.29) is 5.41 Å². The van der Waals surface area contributed by atoms with Crippen molar-refractivity contribution in [2.24, 2.45) is 0 Å². The molecule has 0 bridgehead atoms.